The van der Waals surface area contributed by atoms with Crippen LogP contribution in [0.3, 0.4) is 0 Å². The van der Waals surface area contributed by atoms with Crippen molar-refractivity contribution in [3.05, 3.63) is 48.0 Å². The van der Waals surface area contributed by atoms with Crippen LogP contribution in [0.1, 0.15) is 112 Å². The van der Waals surface area contributed by atoms with Gasteiger partial charge in [-0.25, -0.2) is 0 Å². The smallest absolute Gasteiger partial charge is 0.0132 e. The Morgan fingerprint density at radius 3 is 1.50 bits per heavy atom. The van der Waals surface area contributed by atoms with Gasteiger partial charge in [-0.1, -0.05) is 125 Å². The Hall–Kier alpha value is -1.04. The van der Waals surface area contributed by atoms with E-state index in [1.165, 1.54) is 43.2 Å². The second kappa shape index (κ2) is 20.3. The van der Waals surface area contributed by atoms with Gasteiger partial charge in [0.05, 0.1) is 0 Å². The van der Waals surface area contributed by atoms with E-state index in [-0.39, 0.29) is 5.41 Å². The van der Waals surface area contributed by atoms with Gasteiger partial charge >= 0.3 is 0 Å². The summed E-state index contributed by atoms with van der Waals surface area (Å²) in [5, 5.41) is 0. The molecule has 1 aromatic rings. The van der Waals surface area contributed by atoms with Crippen LogP contribution in [0.2, 0.25) is 0 Å². The predicted octanol–water partition coefficient (Wildman–Crippen LogP) is 9.38. The third-order valence-corrected chi connectivity index (χ3v) is 4.20. The predicted molar refractivity (Wildman–Crippen MR) is 125 cm³/mol. The number of allylic oxidation sites excluding steroid dienone is 1. The minimum atomic E-state index is 0.284. The molecule has 0 radical (unpaired) electrons. The first-order valence-electron chi connectivity index (χ1n) is 11.0. The molecular formula is C26H50. The van der Waals surface area contributed by atoms with Gasteiger partial charge in [-0.3, -0.25) is 0 Å². The van der Waals surface area contributed by atoms with E-state index in [1.54, 1.807) is 6.08 Å². The van der Waals surface area contributed by atoms with E-state index in [0.29, 0.717) is 0 Å². The third kappa shape index (κ3) is 17.8. The lowest BCUT2D eigenvalue weighted by Gasteiger charge is -2.18. The van der Waals surface area contributed by atoms with Crippen LogP contribution in [0.5, 0.6) is 0 Å². The summed E-state index contributed by atoms with van der Waals surface area (Å²) >= 11 is 0. The molecule has 0 spiro atoms. The molecule has 0 bridgehead atoms. The summed E-state index contributed by atoms with van der Waals surface area (Å²) in [6.45, 7) is 25.0. The molecule has 1 rings (SSSR count). The van der Waals surface area contributed by atoms with E-state index in [4.69, 9.17) is 0 Å². The molecule has 0 heteroatoms. The SMILES string of the molecule is C=CC.CC.CCCC(CC)CCC.CCc1ccc(C(C)(C)C)cc1. The lowest BCUT2D eigenvalue weighted by molar-refractivity contribution is 0.427. The Morgan fingerprint density at radius 1 is 0.885 bits per heavy atom. The number of benzene rings is 1. The van der Waals surface area contributed by atoms with Crippen LogP contribution in [0.4, 0.5) is 0 Å². The molecule has 0 aliphatic carbocycles. The van der Waals surface area contributed by atoms with E-state index in [9.17, 15) is 0 Å². The van der Waals surface area contributed by atoms with Crippen LogP contribution in [-0.2, 0) is 11.8 Å². The van der Waals surface area contributed by atoms with Crippen molar-refractivity contribution < 1.29 is 0 Å². The fraction of sp³-hybridized carbons (Fsp3) is 0.692. The zero-order chi connectivity index (χ0) is 21.0. The summed E-state index contributed by atoms with van der Waals surface area (Å²) < 4.78 is 0. The summed E-state index contributed by atoms with van der Waals surface area (Å²) in [6, 6.07) is 8.92. The summed E-state index contributed by atoms with van der Waals surface area (Å²) in [4.78, 5) is 0. The Labute approximate surface area is 167 Å². The Bertz CT molecular complexity index is 371. The number of hydrogen-bond donors (Lipinski definition) is 0. The van der Waals surface area contributed by atoms with Gasteiger partial charge in [0.25, 0.3) is 0 Å². The number of rotatable bonds is 6. The topological polar surface area (TPSA) is 0 Å². The highest BCUT2D eigenvalue weighted by Gasteiger charge is 2.12. The molecule has 26 heavy (non-hydrogen) atoms. The van der Waals surface area contributed by atoms with E-state index >= 15 is 0 Å². The van der Waals surface area contributed by atoms with Crippen LogP contribution < -0.4 is 0 Å². The van der Waals surface area contributed by atoms with Gasteiger partial charge in [0.1, 0.15) is 0 Å². The van der Waals surface area contributed by atoms with Crippen LogP contribution in [0.15, 0.2) is 36.9 Å². The first-order valence-corrected chi connectivity index (χ1v) is 11.0. The van der Waals surface area contributed by atoms with Crippen molar-refractivity contribution in [2.45, 2.75) is 113 Å². The van der Waals surface area contributed by atoms with E-state index in [2.05, 4.69) is 79.3 Å². The van der Waals surface area contributed by atoms with Gasteiger partial charge in [0.2, 0.25) is 0 Å². The molecular weight excluding hydrogens is 312 g/mol. The zero-order valence-corrected chi connectivity index (χ0v) is 19.9. The summed E-state index contributed by atoms with van der Waals surface area (Å²) in [5.41, 5.74) is 3.12. The minimum absolute atomic E-state index is 0.284. The molecule has 0 aliphatic rings. The van der Waals surface area contributed by atoms with Crippen LogP contribution in [-0.4, -0.2) is 0 Å². The molecule has 0 fully saturated rings. The average molecular weight is 363 g/mol. The molecule has 0 saturated carbocycles. The molecule has 0 saturated heterocycles. The van der Waals surface area contributed by atoms with E-state index in [0.717, 1.165) is 12.3 Å². The molecule has 154 valence electrons. The highest BCUT2D eigenvalue weighted by molar-refractivity contribution is 5.27. The van der Waals surface area contributed by atoms with E-state index < -0.39 is 0 Å². The van der Waals surface area contributed by atoms with Gasteiger partial charge in [0.15, 0.2) is 0 Å². The van der Waals surface area contributed by atoms with Gasteiger partial charge < -0.3 is 0 Å². The Balaban J connectivity index is -0.000000335. The first-order chi connectivity index (χ1) is 12.3. The summed E-state index contributed by atoms with van der Waals surface area (Å²) in [7, 11) is 0. The second-order valence-corrected chi connectivity index (χ2v) is 7.56. The van der Waals surface area contributed by atoms with Crippen LogP contribution in [0.25, 0.3) is 0 Å². The van der Waals surface area contributed by atoms with Gasteiger partial charge in [0, 0.05) is 0 Å². The molecule has 1 aromatic carbocycles. The van der Waals surface area contributed by atoms with E-state index in [1.807, 2.05) is 20.8 Å². The fourth-order valence-corrected chi connectivity index (χ4v) is 2.61. The van der Waals surface area contributed by atoms with Crippen molar-refractivity contribution in [1.29, 1.82) is 0 Å². The zero-order valence-electron chi connectivity index (χ0n) is 19.9. The highest BCUT2D eigenvalue weighted by atomic mass is 14.2. The molecule has 0 aromatic heterocycles. The quantitative estimate of drug-likeness (QED) is 0.442. The lowest BCUT2D eigenvalue weighted by atomic mass is 9.86. The largest absolute Gasteiger partial charge is 0.103 e. The van der Waals surface area contributed by atoms with Crippen molar-refractivity contribution in [3.8, 4) is 0 Å². The maximum atomic E-state index is 3.36. The van der Waals surface area contributed by atoms with Gasteiger partial charge in [-0.05, 0) is 35.8 Å². The van der Waals surface area contributed by atoms with Gasteiger partial charge in [-0.15, -0.1) is 6.58 Å². The molecule has 0 N–H and O–H groups in total. The maximum absolute atomic E-state index is 3.36. The van der Waals surface area contributed by atoms with Crippen LogP contribution in [0, 0.1) is 5.92 Å². The molecule has 0 aliphatic heterocycles. The summed E-state index contributed by atoms with van der Waals surface area (Å²) in [6.07, 6.45) is 9.85. The normalized spacial score (nSPS) is 9.81. The number of aryl methyl sites for hydroxylation is 1. The van der Waals surface area contributed by atoms with Crippen molar-refractivity contribution in [3.63, 3.8) is 0 Å². The van der Waals surface area contributed by atoms with Crippen LogP contribution >= 0.6 is 0 Å². The molecule has 0 heterocycles. The maximum Gasteiger partial charge on any atom is -0.0132 e. The van der Waals surface area contributed by atoms with Crippen molar-refractivity contribution in [1.82, 2.24) is 0 Å². The van der Waals surface area contributed by atoms with Crippen molar-refractivity contribution in [2.75, 3.05) is 0 Å². The molecule has 0 nitrogen and oxygen atoms in total. The molecule has 0 amide bonds. The third-order valence-electron chi connectivity index (χ3n) is 4.20. The fourth-order valence-electron chi connectivity index (χ4n) is 2.61. The molecule has 0 unspecified atom stereocenters. The Kier molecular flexibility index (Phi) is 23.2. The minimum Gasteiger partial charge on any atom is -0.103 e. The lowest BCUT2D eigenvalue weighted by Crippen LogP contribution is -2.10. The standard InChI is InChI=1S/C12H18.C9H20.C3H6.C2H6/c1-5-10-6-8-11(9-7-10)12(2,3)4;1-4-7-9(6-3)8-5-2;1-3-2;1-2/h6-9H,5H2,1-4H3;9H,4-8H2,1-3H3;3H,1H2,2H3;1-2H3. The second-order valence-electron chi connectivity index (χ2n) is 7.56. The average Bonchev–Trinajstić information content (AvgIpc) is 2.64. The monoisotopic (exact) mass is 362 g/mol. The summed E-state index contributed by atoms with van der Waals surface area (Å²) in [5.74, 6) is 1.01. The van der Waals surface area contributed by atoms with Crippen molar-refractivity contribution >= 4 is 0 Å². The first kappa shape index (κ1) is 29.7. The molecule has 0 atom stereocenters. The Morgan fingerprint density at radius 2 is 1.27 bits per heavy atom. The van der Waals surface area contributed by atoms with Gasteiger partial charge in [-0.2, -0.15) is 0 Å². The number of hydrogen-bond acceptors (Lipinski definition) is 0. The van der Waals surface area contributed by atoms with Crippen molar-refractivity contribution in [2.24, 2.45) is 5.92 Å². The highest BCUT2D eigenvalue weighted by Crippen LogP contribution is 2.22.